The van der Waals surface area contributed by atoms with E-state index in [9.17, 15) is 4.79 Å². The third-order valence-corrected chi connectivity index (χ3v) is 5.58. The van der Waals surface area contributed by atoms with Crippen molar-refractivity contribution in [1.29, 1.82) is 0 Å². The number of benzene rings is 2. The van der Waals surface area contributed by atoms with Crippen LogP contribution >= 0.6 is 0 Å². The van der Waals surface area contributed by atoms with Crippen LogP contribution in [0.15, 0.2) is 48.5 Å². The molecule has 0 amide bonds. The highest BCUT2D eigenvalue weighted by molar-refractivity contribution is 5.84. The van der Waals surface area contributed by atoms with Crippen molar-refractivity contribution in [3.8, 4) is 16.9 Å². The summed E-state index contributed by atoms with van der Waals surface area (Å²) in [7, 11) is 0. The molecule has 0 N–H and O–H groups in total. The molecule has 3 nitrogen and oxygen atoms in total. The first-order valence-electron chi connectivity index (χ1n) is 11.1. The summed E-state index contributed by atoms with van der Waals surface area (Å²) in [5.41, 5.74) is 3.63. The average molecular weight is 411 g/mol. The SMILES string of the molecule is CCCCC(C)(C)c1ccc(-c2ccc(OCCOCC(=O)C(C)(C)C)cc2)cc1. The lowest BCUT2D eigenvalue weighted by atomic mass is 9.80. The molecule has 0 aromatic heterocycles. The van der Waals surface area contributed by atoms with E-state index in [1.54, 1.807) is 0 Å². The molecule has 0 fully saturated rings. The number of unbranched alkanes of at least 4 members (excludes halogenated alkanes) is 1. The first-order valence-corrected chi connectivity index (χ1v) is 11.1. The van der Waals surface area contributed by atoms with Crippen LogP contribution in [0.25, 0.3) is 11.1 Å². The summed E-state index contributed by atoms with van der Waals surface area (Å²) < 4.78 is 11.2. The van der Waals surface area contributed by atoms with Crippen molar-refractivity contribution in [1.82, 2.24) is 0 Å². The van der Waals surface area contributed by atoms with Crippen molar-refractivity contribution >= 4 is 5.78 Å². The van der Waals surface area contributed by atoms with Gasteiger partial charge in [0.15, 0.2) is 5.78 Å². The van der Waals surface area contributed by atoms with Gasteiger partial charge in [-0.25, -0.2) is 0 Å². The average Bonchev–Trinajstić information content (AvgIpc) is 2.72. The minimum Gasteiger partial charge on any atom is -0.491 e. The van der Waals surface area contributed by atoms with Crippen molar-refractivity contribution in [2.45, 2.75) is 66.2 Å². The molecule has 0 spiro atoms. The predicted molar refractivity (Wildman–Crippen MR) is 125 cm³/mol. The predicted octanol–water partition coefficient (Wildman–Crippen LogP) is 6.83. The Bertz CT molecular complexity index is 780. The summed E-state index contributed by atoms with van der Waals surface area (Å²) in [5.74, 6) is 0.911. The van der Waals surface area contributed by atoms with Gasteiger partial charge in [0.1, 0.15) is 19.0 Å². The molecule has 0 atom stereocenters. The summed E-state index contributed by atoms with van der Waals surface area (Å²) in [4.78, 5) is 11.8. The standard InChI is InChI=1S/C27H38O3/c1-7-8-17-27(5,6)23-13-9-21(10-14-23)22-11-15-24(16-12-22)30-19-18-29-20-25(28)26(2,3)4/h9-16H,7-8,17-20H2,1-6H3. The quantitative estimate of drug-likeness (QED) is 0.381. The number of carbonyl (C=O) groups excluding carboxylic acids is 1. The molecule has 0 unspecified atom stereocenters. The van der Waals surface area contributed by atoms with Crippen LogP contribution < -0.4 is 4.74 Å². The first-order chi connectivity index (χ1) is 14.1. The fraction of sp³-hybridized carbons (Fsp3) is 0.519. The second kappa shape index (κ2) is 10.8. The molecule has 2 rings (SSSR count). The van der Waals surface area contributed by atoms with E-state index < -0.39 is 0 Å². The van der Waals surface area contributed by atoms with Crippen LogP contribution in [-0.4, -0.2) is 25.6 Å². The summed E-state index contributed by atoms with van der Waals surface area (Å²) >= 11 is 0. The van der Waals surface area contributed by atoms with Gasteiger partial charge in [-0.1, -0.05) is 90.8 Å². The molecule has 0 aliphatic rings. The smallest absolute Gasteiger partial charge is 0.163 e. The van der Waals surface area contributed by atoms with Crippen LogP contribution in [0, 0.1) is 5.41 Å². The van der Waals surface area contributed by atoms with E-state index in [4.69, 9.17) is 9.47 Å². The van der Waals surface area contributed by atoms with Crippen molar-refractivity contribution in [2.24, 2.45) is 5.41 Å². The Morgan fingerprint density at radius 1 is 0.833 bits per heavy atom. The minimum absolute atomic E-state index is 0.103. The van der Waals surface area contributed by atoms with E-state index in [2.05, 4.69) is 57.2 Å². The van der Waals surface area contributed by atoms with Gasteiger partial charge in [-0.05, 0) is 40.7 Å². The molecule has 0 saturated carbocycles. The van der Waals surface area contributed by atoms with Gasteiger partial charge in [-0.3, -0.25) is 4.79 Å². The van der Waals surface area contributed by atoms with Crippen LogP contribution in [0.5, 0.6) is 5.75 Å². The van der Waals surface area contributed by atoms with Gasteiger partial charge in [0.2, 0.25) is 0 Å². The van der Waals surface area contributed by atoms with Crippen LogP contribution in [0.3, 0.4) is 0 Å². The monoisotopic (exact) mass is 410 g/mol. The second-order valence-electron chi connectivity index (χ2n) is 9.66. The summed E-state index contributed by atoms with van der Waals surface area (Å²) in [6.07, 6.45) is 3.70. The number of rotatable bonds is 11. The highest BCUT2D eigenvalue weighted by Gasteiger charge is 2.21. The molecular formula is C27H38O3. The molecule has 30 heavy (non-hydrogen) atoms. The lowest BCUT2D eigenvalue weighted by Crippen LogP contribution is -2.25. The molecule has 0 aliphatic carbocycles. The molecule has 0 bridgehead atoms. The molecular weight excluding hydrogens is 372 g/mol. The van der Waals surface area contributed by atoms with E-state index >= 15 is 0 Å². The van der Waals surface area contributed by atoms with Crippen LogP contribution in [0.2, 0.25) is 0 Å². The Morgan fingerprint density at radius 3 is 1.93 bits per heavy atom. The van der Waals surface area contributed by atoms with Crippen molar-refractivity contribution in [2.75, 3.05) is 19.8 Å². The molecule has 0 heterocycles. The maximum atomic E-state index is 11.8. The molecule has 0 aliphatic heterocycles. The fourth-order valence-corrected chi connectivity index (χ4v) is 3.22. The van der Waals surface area contributed by atoms with Gasteiger partial charge in [0.25, 0.3) is 0 Å². The highest BCUT2D eigenvalue weighted by atomic mass is 16.5. The Kier molecular flexibility index (Phi) is 8.66. The van der Waals surface area contributed by atoms with Crippen molar-refractivity contribution < 1.29 is 14.3 Å². The number of hydrogen-bond acceptors (Lipinski definition) is 3. The minimum atomic E-state index is -0.361. The van der Waals surface area contributed by atoms with Gasteiger partial charge in [-0.15, -0.1) is 0 Å². The number of ether oxygens (including phenoxy) is 2. The lowest BCUT2D eigenvalue weighted by Gasteiger charge is -2.25. The van der Waals surface area contributed by atoms with Gasteiger partial charge < -0.3 is 9.47 Å². The van der Waals surface area contributed by atoms with Gasteiger partial charge >= 0.3 is 0 Å². The van der Waals surface area contributed by atoms with Crippen molar-refractivity contribution in [3.05, 3.63) is 54.1 Å². The first kappa shape index (κ1) is 24.1. The molecule has 2 aromatic rings. The number of ketones is 1. The second-order valence-corrected chi connectivity index (χ2v) is 9.66. The van der Waals surface area contributed by atoms with E-state index in [-0.39, 0.29) is 23.2 Å². The molecule has 2 aromatic carbocycles. The molecule has 0 saturated heterocycles. The Balaban J connectivity index is 1.85. The van der Waals surface area contributed by atoms with Crippen LogP contribution in [0.1, 0.15) is 66.4 Å². The number of hydrogen-bond donors (Lipinski definition) is 0. The normalized spacial score (nSPS) is 12.1. The zero-order valence-electron chi connectivity index (χ0n) is 19.6. The van der Waals surface area contributed by atoms with Crippen LogP contribution in [-0.2, 0) is 14.9 Å². The Morgan fingerprint density at radius 2 is 1.40 bits per heavy atom. The van der Waals surface area contributed by atoms with E-state index in [0.717, 1.165) is 5.75 Å². The van der Waals surface area contributed by atoms with Gasteiger partial charge in [0, 0.05) is 5.41 Å². The van der Waals surface area contributed by atoms with E-state index in [1.165, 1.54) is 36.0 Å². The highest BCUT2D eigenvalue weighted by Crippen LogP contribution is 2.31. The molecule has 3 heteroatoms. The Labute approximate surface area is 182 Å². The third-order valence-electron chi connectivity index (χ3n) is 5.58. The van der Waals surface area contributed by atoms with Gasteiger partial charge in [-0.2, -0.15) is 0 Å². The summed E-state index contributed by atoms with van der Waals surface area (Å²) in [5, 5.41) is 0. The third kappa shape index (κ3) is 7.28. The molecule has 0 radical (unpaired) electrons. The zero-order valence-corrected chi connectivity index (χ0v) is 19.6. The Hall–Kier alpha value is -2.13. The van der Waals surface area contributed by atoms with E-state index in [1.807, 2.05) is 32.9 Å². The van der Waals surface area contributed by atoms with Gasteiger partial charge in [0.05, 0.1) is 6.61 Å². The molecule has 164 valence electrons. The van der Waals surface area contributed by atoms with Crippen LogP contribution in [0.4, 0.5) is 0 Å². The number of carbonyl (C=O) groups is 1. The largest absolute Gasteiger partial charge is 0.491 e. The van der Waals surface area contributed by atoms with E-state index in [0.29, 0.717) is 13.2 Å². The fourth-order valence-electron chi connectivity index (χ4n) is 3.22. The maximum Gasteiger partial charge on any atom is 0.163 e. The number of Topliss-reactive ketones (excluding diaryl/α,β-unsaturated/α-hetero) is 1. The maximum absolute atomic E-state index is 11.8. The summed E-state index contributed by atoms with van der Waals surface area (Å²) in [6.45, 7) is 13.6. The topological polar surface area (TPSA) is 35.5 Å². The summed E-state index contributed by atoms with van der Waals surface area (Å²) in [6, 6.07) is 17.0. The van der Waals surface area contributed by atoms with Crippen molar-refractivity contribution in [3.63, 3.8) is 0 Å². The lowest BCUT2D eigenvalue weighted by molar-refractivity contribution is -0.131. The zero-order chi connectivity index (χ0) is 22.2.